The van der Waals surface area contributed by atoms with Crippen LogP contribution in [0, 0.1) is 0 Å². The smallest absolute Gasteiger partial charge is 0.247 e. The zero-order valence-electron chi connectivity index (χ0n) is 14.1. The normalized spacial score (nSPS) is 18.5. The van der Waals surface area contributed by atoms with Crippen molar-refractivity contribution in [1.29, 1.82) is 0 Å². The molecule has 0 spiro atoms. The lowest BCUT2D eigenvalue weighted by Crippen LogP contribution is -2.31. The molecular weight excluding hydrogens is 427 g/mol. The maximum atomic E-state index is 12.6. The van der Waals surface area contributed by atoms with Crippen molar-refractivity contribution < 1.29 is 9.59 Å². The number of hydrogen-bond acceptors (Lipinski definition) is 6. The molecule has 1 fully saturated rings. The van der Waals surface area contributed by atoms with Gasteiger partial charge in [-0.25, -0.2) is 4.90 Å². The van der Waals surface area contributed by atoms with Crippen molar-refractivity contribution in [3.63, 3.8) is 0 Å². The van der Waals surface area contributed by atoms with Gasteiger partial charge in [-0.05, 0) is 36.6 Å². The molecule has 0 unspecified atom stereocenters. The maximum Gasteiger partial charge on any atom is 0.247 e. The lowest BCUT2D eigenvalue weighted by atomic mass is 10.3. The summed E-state index contributed by atoms with van der Waals surface area (Å²) in [6.45, 7) is 1.82. The molecule has 2 amide bonds. The van der Waals surface area contributed by atoms with Gasteiger partial charge in [-0.2, -0.15) is 5.10 Å². The van der Waals surface area contributed by atoms with Gasteiger partial charge in [0.2, 0.25) is 11.8 Å². The molecule has 0 bridgehead atoms. The number of nitrogens with zero attached hydrogens (tertiary/aromatic N) is 3. The standard InChI is InChI=1S/C17H14Cl2N4O2S2/c1-9(13-3-2-6-26-13)21-22-17(20)27-14-8-15(24)23(16(14)25)10-4-5-11(18)12(19)7-10/h2-7,14H,8H2,1H3,(H2,20,22)/b21-9-/t14-/m0/s1. The summed E-state index contributed by atoms with van der Waals surface area (Å²) in [6, 6.07) is 8.44. The van der Waals surface area contributed by atoms with Gasteiger partial charge < -0.3 is 5.73 Å². The van der Waals surface area contributed by atoms with Crippen molar-refractivity contribution in [3.05, 3.63) is 50.6 Å². The van der Waals surface area contributed by atoms with E-state index in [9.17, 15) is 9.59 Å². The van der Waals surface area contributed by atoms with E-state index in [1.807, 2.05) is 24.4 Å². The fourth-order valence-corrected chi connectivity index (χ4v) is 4.20. The van der Waals surface area contributed by atoms with Crippen LogP contribution in [0.1, 0.15) is 18.2 Å². The van der Waals surface area contributed by atoms with Crippen molar-refractivity contribution in [3.8, 4) is 0 Å². The van der Waals surface area contributed by atoms with Crippen LogP contribution in [0.3, 0.4) is 0 Å². The third-order valence-corrected chi connectivity index (χ3v) is 6.40. The van der Waals surface area contributed by atoms with Gasteiger partial charge in [-0.15, -0.1) is 16.4 Å². The highest BCUT2D eigenvalue weighted by atomic mass is 35.5. The van der Waals surface area contributed by atoms with Crippen LogP contribution >= 0.6 is 46.3 Å². The van der Waals surface area contributed by atoms with Crippen LogP contribution in [-0.4, -0.2) is 27.9 Å². The Morgan fingerprint density at radius 3 is 2.70 bits per heavy atom. The number of rotatable bonds is 4. The highest BCUT2D eigenvalue weighted by Gasteiger charge is 2.40. The van der Waals surface area contributed by atoms with E-state index in [2.05, 4.69) is 10.2 Å². The molecule has 6 nitrogen and oxygen atoms in total. The van der Waals surface area contributed by atoms with Crippen molar-refractivity contribution in [1.82, 2.24) is 0 Å². The summed E-state index contributed by atoms with van der Waals surface area (Å²) in [5, 5.41) is 10.1. The summed E-state index contributed by atoms with van der Waals surface area (Å²) in [5.41, 5.74) is 6.98. The summed E-state index contributed by atoms with van der Waals surface area (Å²) in [5.74, 6) is -0.706. The molecule has 0 radical (unpaired) electrons. The second-order valence-corrected chi connectivity index (χ2v) is 8.56. The summed E-state index contributed by atoms with van der Waals surface area (Å²) < 4.78 is 0. The predicted octanol–water partition coefficient (Wildman–Crippen LogP) is 4.16. The Morgan fingerprint density at radius 2 is 2.04 bits per heavy atom. The molecule has 0 saturated carbocycles. The number of anilines is 1. The van der Waals surface area contributed by atoms with E-state index in [0.717, 1.165) is 27.3 Å². The van der Waals surface area contributed by atoms with Crippen LogP contribution in [0.2, 0.25) is 10.0 Å². The van der Waals surface area contributed by atoms with Gasteiger partial charge >= 0.3 is 0 Å². The largest absolute Gasteiger partial charge is 0.377 e. The molecule has 1 aromatic carbocycles. The molecule has 1 aliphatic heterocycles. The first-order valence-electron chi connectivity index (χ1n) is 7.77. The molecule has 1 aromatic heterocycles. The van der Waals surface area contributed by atoms with E-state index >= 15 is 0 Å². The number of amidine groups is 1. The molecule has 1 saturated heterocycles. The first kappa shape index (κ1) is 19.9. The minimum atomic E-state index is -0.659. The van der Waals surface area contributed by atoms with Gasteiger partial charge in [0.05, 0.1) is 26.3 Å². The average Bonchev–Trinajstić information content (AvgIpc) is 3.25. The number of thioether (sulfide) groups is 1. The number of nitrogens with two attached hydrogens (primary N) is 1. The molecular formula is C17H14Cl2N4O2S2. The molecule has 27 heavy (non-hydrogen) atoms. The number of halogens is 2. The van der Waals surface area contributed by atoms with Crippen LogP contribution in [0.25, 0.3) is 0 Å². The third-order valence-electron chi connectivity index (χ3n) is 3.71. The zero-order valence-corrected chi connectivity index (χ0v) is 17.2. The minimum absolute atomic E-state index is 0.0214. The van der Waals surface area contributed by atoms with Gasteiger partial charge in [0.25, 0.3) is 0 Å². The Labute approximate surface area is 174 Å². The van der Waals surface area contributed by atoms with E-state index in [0.29, 0.717) is 10.7 Å². The molecule has 2 heterocycles. The lowest BCUT2D eigenvalue weighted by Gasteiger charge is -2.15. The second kappa shape index (κ2) is 8.43. The average molecular weight is 441 g/mol. The van der Waals surface area contributed by atoms with Crippen LogP contribution < -0.4 is 10.6 Å². The number of carbonyl (C=O) groups is 2. The summed E-state index contributed by atoms with van der Waals surface area (Å²) in [4.78, 5) is 27.0. The number of carbonyl (C=O) groups excluding carboxylic acids is 2. The highest BCUT2D eigenvalue weighted by Crippen LogP contribution is 2.33. The first-order chi connectivity index (χ1) is 12.9. The number of thiophene rings is 1. The SMILES string of the molecule is C/C(=N/N=C(/N)S[C@H]1CC(=O)N(c2ccc(Cl)c(Cl)c2)C1=O)c1cccs1. The van der Waals surface area contributed by atoms with Crippen molar-refractivity contribution in [2.75, 3.05) is 4.90 Å². The van der Waals surface area contributed by atoms with Gasteiger partial charge in [0.1, 0.15) is 5.25 Å². The van der Waals surface area contributed by atoms with Crippen LogP contribution in [0.15, 0.2) is 45.9 Å². The Bertz CT molecular complexity index is 944. The predicted molar refractivity (Wildman–Crippen MR) is 113 cm³/mol. The van der Waals surface area contributed by atoms with E-state index < -0.39 is 5.25 Å². The number of hydrogen-bond donors (Lipinski definition) is 1. The van der Waals surface area contributed by atoms with Gasteiger partial charge in [-0.1, -0.05) is 41.0 Å². The molecule has 0 aliphatic carbocycles. The minimum Gasteiger partial charge on any atom is -0.377 e. The zero-order chi connectivity index (χ0) is 19.6. The number of imide groups is 1. The number of benzene rings is 1. The van der Waals surface area contributed by atoms with Gasteiger partial charge in [0.15, 0.2) is 5.17 Å². The summed E-state index contributed by atoms with van der Waals surface area (Å²) >= 11 is 14.4. The topological polar surface area (TPSA) is 88.1 Å². The summed E-state index contributed by atoms with van der Waals surface area (Å²) in [6.07, 6.45) is 0.0214. The van der Waals surface area contributed by atoms with Gasteiger partial charge in [0, 0.05) is 6.42 Å². The molecule has 3 rings (SSSR count). The Morgan fingerprint density at radius 1 is 1.26 bits per heavy atom. The van der Waals surface area contributed by atoms with Crippen molar-refractivity contribution in [2.24, 2.45) is 15.9 Å². The third kappa shape index (κ3) is 4.52. The van der Waals surface area contributed by atoms with Crippen LogP contribution in [0.5, 0.6) is 0 Å². The molecule has 2 N–H and O–H groups in total. The molecule has 10 heteroatoms. The Hall–Kier alpha value is -1.87. The Kier molecular flexibility index (Phi) is 6.21. The molecule has 1 aliphatic rings. The maximum absolute atomic E-state index is 12.6. The monoisotopic (exact) mass is 440 g/mol. The summed E-state index contributed by atoms with van der Waals surface area (Å²) in [7, 11) is 0. The van der Waals surface area contributed by atoms with Crippen molar-refractivity contribution in [2.45, 2.75) is 18.6 Å². The van der Waals surface area contributed by atoms with Crippen LogP contribution in [-0.2, 0) is 9.59 Å². The van der Waals surface area contributed by atoms with Crippen LogP contribution in [0.4, 0.5) is 5.69 Å². The van der Waals surface area contributed by atoms with E-state index in [4.69, 9.17) is 28.9 Å². The number of amides is 2. The quantitative estimate of drug-likeness (QED) is 0.334. The first-order valence-corrected chi connectivity index (χ1v) is 10.3. The van der Waals surface area contributed by atoms with E-state index in [1.54, 1.807) is 17.4 Å². The van der Waals surface area contributed by atoms with E-state index in [1.165, 1.54) is 12.1 Å². The molecule has 2 aromatic rings. The Balaban J connectivity index is 1.72. The highest BCUT2D eigenvalue weighted by molar-refractivity contribution is 8.14. The lowest BCUT2D eigenvalue weighted by molar-refractivity contribution is -0.121. The van der Waals surface area contributed by atoms with Gasteiger partial charge in [-0.3, -0.25) is 9.59 Å². The fourth-order valence-electron chi connectivity index (χ4n) is 2.42. The fraction of sp³-hybridized carbons (Fsp3) is 0.176. The van der Waals surface area contributed by atoms with E-state index in [-0.39, 0.29) is 28.4 Å². The molecule has 1 atom stereocenters. The second-order valence-electron chi connectivity index (χ2n) is 5.58. The van der Waals surface area contributed by atoms with Crippen molar-refractivity contribution >= 4 is 74.7 Å². The molecule has 140 valence electrons.